The molecule has 1 aromatic heterocycles. The molecule has 1 saturated heterocycles. The summed E-state index contributed by atoms with van der Waals surface area (Å²) < 4.78 is 1.70. The summed E-state index contributed by atoms with van der Waals surface area (Å²) in [5.41, 5.74) is 1.29. The lowest BCUT2D eigenvalue weighted by Crippen LogP contribution is -2.34. The predicted molar refractivity (Wildman–Crippen MR) is 90.1 cm³/mol. The number of Topliss-reactive ketones (excluding diaryl/α,β-unsaturated/α-hetero) is 1. The maximum atomic E-state index is 11.8. The van der Waals surface area contributed by atoms with Gasteiger partial charge in [-0.2, -0.15) is 4.68 Å². The van der Waals surface area contributed by atoms with Crippen LogP contribution in [0.15, 0.2) is 30.3 Å². The van der Waals surface area contributed by atoms with Crippen molar-refractivity contribution in [2.75, 3.05) is 31.5 Å². The van der Waals surface area contributed by atoms with Crippen molar-refractivity contribution in [2.45, 2.75) is 26.2 Å². The number of piperidine rings is 1. The van der Waals surface area contributed by atoms with Crippen LogP contribution in [0.25, 0.3) is 5.69 Å². The zero-order valence-corrected chi connectivity index (χ0v) is 13.5. The molecule has 0 spiro atoms. The van der Waals surface area contributed by atoms with Crippen molar-refractivity contribution in [3.8, 4) is 5.69 Å². The second kappa shape index (κ2) is 7.37. The Kier molecular flexibility index (Phi) is 5.02. The van der Waals surface area contributed by atoms with Crippen molar-refractivity contribution in [3.63, 3.8) is 0 Å². The molecule has 122 valence electrons. The highest BCUT2D eigenvalue weighted by Gasteiger charge is 2.18. The van der Waals surface area contributed by atoms with E-state index in [1.54, 1.807) is 4.68 Å². The normalized spacial score (nSPS) is 15.5. The van der Waals surface area contributed by atoms with E-state index in [1.165, 1.54) is 26.2 Å². The molecule has 1 aliphatic heterocycles. The topological polar surface area (TPSA) is 63.1 Å². The highest BCUT2D eigenvalue weighted by Crippen LogP contribution is 2.18. The number of carbonyl (C=O) groups is 1. The number of nitrogens with zero attached hydrogens (tertiary/aromatic N) is 4. The fourth-order valence-corrected chi connectivity index (χ4v) is 2.94. The zero-order valence-electron chi connectivity index (χ0n) is 13.5. The van der Waals surface area contributed by atoms with Gasteiger partial charge in [0.2, 0.25) is 0 Å². The lowest BCUT2D eigenvalue weighted by atomic mass is 10.1. The highest BCUT2D eigenvalue weighted by molar-refractivity contribution is 5.96. The molecule has 6 heteroatoms. The van der Waals surface area contributed by atoms with Crippen molar-refractivity contribution in [3.05, 3.63) is 36.0 Å². The van der Waals surface area contributed by atoms with Gasteiger partial charge in [-0.25, -0.2) is 0 Å². The summed E-state index contributed by atoms with van der Waals surface area (Å²) in [7, 11) is 0. The van der Waals surface area contributed by atoms with Crippen molar-refractivity contribution in [1.82, 2.24) is 19.9 Å². The largest absolute Gasteiger partial charge is 0.367 e. The van der Waals surface area contributed by atoms with E-state index in [9.17, 15) is 4.79 Å². The Labute approximate surface area is 136 Å². The number of hydrogen-bond acceptors (Lipinski definition) is 5. The molecule has 3 rings (SSSR count). The third-order valence-corrected chi connectivity index (χ3v) is 4.17. The first-order valence-electron chi connectivity index (χ1n) is 8.24. The van der Waals surface area contributed by atoms with Gasteiger partial charge < -0.3 is 10.2 Å². The van der Waals surface area contributed by atoms with Gasteiger partial charge in [0.25, 0.3) is 0 Å². The first kappa shape index (κ1) is 15.7. The van der Waals surface area contributed by atoms with Crippen LogP contribution in [-0.4, -0.2) is 51.9 Å². The highest BCUT2D eigenvalue weighted by atomic mass is 16.1. The van der Waals surface area contributed by atoms with Crippen LogP contribution in [0.3, 0.4) is 0 Å². The molecular formula is C17H23N5O. The first-order chi connectivity index (χ1) is 11.3. The predicted octanol–water partition coefficient (Wildman–Crippen LogP) is 2.37. The zero-order chi connectivity index (χ0) is 16.1. The Hall–Kier alpha value is -2.21. The van der Waals surface area contributed by atoms with Gasteiger partial charge in [-0.15, -0.1) is 5.10 Å². The van der Waals surface area contributed by atoms with Crippen LogP contribution in [0.5, 0.6) is 0 Å². The number of rotatable bonds is 6. The Balaban J connectivity index is 1.73. The standard InChI is InChI=1S/C17H23N5O/c1-14(23)16-17(18-10-13-21-11-6-3-7-12-21)22(20-19-16)15-8-4-2-5-9-15/h2,4-5,8-9,18H,3,6-7,10-13H2,1H3. The van der Waals surface area contributed by atoms with Gasteiger partial charge in [0, 0.05) is 20.0 Å². The van der Waals surface area contributed by atoms with E-state index in [0.717, 1.165) is 31.9 Å². The van der Waals surface area contributed by atoms with Crippen molar-refractivity contribution in [1.29, 1.82) is 0 Å². The molecule has 0 aliphatic carbocycles. The van der Waals surface area contributed by atoms with Crippen LogP contribution >= 0.6 is 0 Å². The first-order valence-corrected chi connectivity index (χ1v) is 8.24. The molecule has 2 heterocycles. The number of benzene rings is 1. The molecule has 0 unspecified atom stereocenters. The number of nitrogens with one attached hydrogen (secondary N) is 1. The molecule has 0 atom stereocenters. The van der Waals surface area contributed by atoms with E-state index in [-0.39, 0.29) is 5.78 Å². The van der Waals surface area contributed by atoms with Gasteiger partial charge in [-0.1, -0.05) is 29.8 Å². The Bertz CT molecular complexity index is 646. The molecule has 0 saturated carbocycles. The van der Waals surface area contributed by atoms with Crippen LogP contribution < -0.4 is 5.32 Å². The Morgan fingerprint density at radius 3 is 2.61 bits per heavy atom. The smallest absolute Gasteiger partial charge is 0.183 e. The van der Waals surface area contributed by atoms with Gasteiger partial charge >= 0.3 is 0 Å². The van der Waals surface area contributed by atoms with Crippen molar-refractivity contribution >= 4 is 11.6 Å². The number of likely N-dealkylation sites (tertiary alicyclic amines) is 1. The van der Waals surface area contributed by atoms with Gasteiger partial charge in [-0.3, -0.25) is 4.79 Å². The molecule has 0 bridgehead atoms. The van der Waals surface area contributed by atoms with E-state index in [0.29, 0.717) is 11.5 Å². The van der Waals surface area contributed by atoms with E-state index in [1.807, 2.05) is 30.3 Å². The molecule has 2 aromatic rings. The van der Waals surface area contributed by atoms with Crippen LogP contribution in [0.1, 0.15) is 36.7 Å². The molecule has 1 aromatic carbocycles. The molecular weight excluding hydrogens is 290 g/mol. The van der Waals surface area contributed by atoms with Gasteiger partial charge in [0.05, 0.1) is 5.69 Å². The van der Waals surface area contributed by atoms with Crippen molar-refractivity contribution < 1.29 is 4.79 Å². The molecule has 0 radical (unpaired) electrons. The number of ketones is 1. The van der Waals surface area contributed by atoms with E-state index < -0.39 is 0 Å². The Morgan fingerprint density at radius 1 is 1.17 bits per heavy atom. The van der Waals surface area contributed by atoms with Crippen LogP contribution in [0.4, 0.5) is 5.82 Å². The summed E-state index contributed by atoms with van der Waals surface area (Å²) in [6.45, 7) is 5.60. The maximum Gasteiger partial charge on any atom is 0.183 e. The molecule has 23 heavy (non-hydrogen) atoms. The Morgan fingerprint density at radius 2 is 1.91 bits per heavy atom. The van der Waals surface area contributed by atoms with Gasteiger partial charge in [0.15, 0.2) is 17.3 Å². The SMILES string of the molecule is CC(=O)c1nnn(-c2ccccc2)c1NCCN1CCCCC1. The summed E-state index contributed by atoms with van der Waals surface area (Å²) >= 11 is 0. The van der Waals surface area contributed by atoms with Crippen molar-refractivity contribution in [2.24, 2.45) is 0 Å². The summed E-state index contributed by atoms with van der Waals surface area (Å²) in [6.07, 6.45) is 3.90. The minimum Gasteiger partial charge on any atom is -0.367 e. The van der Waals surface area contributed by atoms with Crippen LogP contribution in [0.2, 0.25) is 0 Å². The average Bonchev–Trinajstić information content (AvgIpc) is 3.01. The van der Waals surface area contributed by atoms with Gasteiger partial charge in [0.1, 0.15) is 0 Å². The summed E-state index contributed by atoms with van der Waals surface area (Å²) in [6, 6.07) is 9.75. The minimum absolute atomic E-state index is 0.0762. The monoisotopic (exact) mass is 313 g/mol. The second-order valence-corrected chi connectivity index (χ2v) is 5.92. The number of aromatic nitrogens is 3. The number of para-hydroxylation sites is 1. The third-order valence-electron chi connectivity index (χ3n) is 4.17. The maximum absolute atomic E-state index is 11.8. The quantitative estimate of drug-likeness (QED) is 0.830. The fourth-order valence-electron chi connectivity index (χ4n) is 2.94. The van der Waals surface area contributed by atoms with E-state index in [2.05, 4.69) is 20.5 Å². The average molecular weight is 313 g/mol. The molecule has 6 nitrogen and oxygen atoms in total. The molecule has 1 fully saturated rings. The number of hydrogen-bond donors (Lipinski definition) is 1. The summed E-state index contributed by atoms with van der Waals surface area (Å²) in [5, 5.41) is 11.6. The molecule has 1 aliphatic rings. The number of anilines is 1. The third kappa shape index (κ3) is 3.76. The van der Waals surface area contributed by atoms with E-state index >= 15 is 0 Å². The molecule has 1 N–H and O–H groups in total. The van der Waals surface area contributed by atoms with Gasteiger partial charge in [-0.05, 0) is 38.1 Å². The second-order valence-electron chi connectivity index (χ2n) is 5.92. The summed E-state index contributed by atoms with van der Waals surface area (Å²) in [4.78, 5) is 14.3. The lowest BCUT2D eigenvalue weighted by Gasteiger charge is -2.26. The number of carbonyl (C=O) groups excluding carboxylic acids is 1. The van der Waals surface area contributed by atoms with E-state index in [4.69, 9.17) is 0 Å². The van der Waals surface area contributed by atoms with Crippen LogP contribution in [-0.2, 0) is 0 Å². The molecule has 0 amide bonds. The lowest BCUT2D eigenvalue weighted by molar-refractivity contribution is 0.101. The summed E-state index contributed by atoms with van der Waals surface area (Å²) in [5.74, 6) is 0.605. The minimum atomic E-state index is -0.0762. The fraction of sp³-hybridized carbons (Fsp3) is 0.471. The van der Waals surface area contributed by atoms with Crippen LogP contribution in [0, 0.1) is 0 Å².